The summed E-state index contributed by atoms with van der Waals surface area (Å²) in [6.45, 7) is 4.42. The number of aromatic hydroxyl groups is 1. The van der Waals surface area contributed by atoms with Crippen LogP contribution < -0.4 is 0 Å². The highest BCUT2D eigenvalue weighted by Crippen LogP contribution is 2.37. The molecule has 5 rings (SSSR count). The lowest BCUT2D eigenvalue weighted by Crippen LogP contribution is -2.09. The summed E-state index contributed by atoms with van der Waals surface area (Å²) in [6, 6.07) is 28.6. The third kappa shape index (κ3) is 3.99. The zero-order valence-electron chi connectivity index (χ0n) is 19.2. The molecule has 0 saturated heterocycles. The van der Waals surface area contributed by atoms with Crippen LogP contribution in [-0.4, -0.2) is 16.1 Å². The first-order chi connectivity index (χ1) is 16.5. The van der Waals surface area contributed by atoms with Gasteiger partial charge in [0.1, 0.15) is 12.4 Å². The van der Waals surface area contributed by atoms with E-state index in [1.165, 1.54) is 0 Å². The lowest BCUT2D eigenvalue weighted by molar-refractivity contribution is 0.0473. The molecule has 0 radical (unpaired) electrons. The quantitative estimate of drug-likeness (QED) is 0.289. The van der Waals surface area contributed by atoms with E-state index in [0.717, 1.165) is 27.4 Å². The summed E-state index contributed by atoms with van der Waals surface area (Å²) in [4.78, 5) is 18.4. The smallest absolute Gasteiger partial charge is 0.340 e. The molecule has 0 spiro atoms. The van der Waals surface area contributed by atoms with Crippen LogP contribution >= 0.6 is 0 Å². The van der Waals surface area contributed by atoms with Gasteiger partial charge >= 0.3 is 5.97 Å². The van der Waals surface area contributed by atoms with Gasteiger partial charge in [0.25, 0.3) is 0 Å². The fourth-order valence-electron chi connectivity index (χ4n) is 4.40. The van der Waals surface area contributed by atoms with Crippen LogP contribution in [0.4, 0.5) is 0 Å². The Morgan fingerprint density at radius 2 is 1.65 bits per heavy atom. The van der Waals surface area contributed by atoms with E-state index in [9.17, 15) is 9.90 Å². The minimum Gasteiger partial charge on any atom is -0.507 e. The number of ether oxygens (including phenoxy) is 1. The normalized spacial score (nSPS) is 11.3. The Bertz CT molecular complexity index is 1500. The third-order valence-electron chi connectivity index (χ3n) is 6.09. The highest BCUT2D eigenvalue weighted by atomic mass is 16.5. The van der Waals surface area contributed by atoms with Crippen molar-refractivity contribution < 1.29 is 14.6 Å². The van der Waals surface area contributed by atoms with Crippen molar-refractivity contribution in [3.8, 4) is 17.0 Å². The first-order valence-electron chi connectivity index (χ1n) is 11.4. The van der Waals surface area contributed by atoms with Gasteiger partial charge in [-0.3, -0.25) is 0 Å². The number of carbonyl (C=O) groups is 1. The zero-order valence-corrected chi connectivity index (χ0v) is 19.2. The van der Waals surface area contributed by atoms with Gasteiger partial charge in [-0.1, -0.05) is 86.6 Å². The average molecular weight is 448 g/mol. The number of carbonyl (C=O) groups excluding carboxylic acids is 1. The molecule has 4 nitrogen and oxygen atoms in total. The minimum atomic E-state index is -0.445. The van der Waals surface area contributed by atoms with Crippen molar-refractivity contribution in [1.29, 1.82) is 0 Å². The van der Waals surface area contributed by atoms with Crippen LogP contribution in [-0.2, 0) is 11.3 Å². The van der Waals surface area contributed by atoms with Crippen LogP contribution in [0.3, 0.4) is 0 Å². The molecule has 0 fully saturated rings. The number of hydrogen-bond acceptors (Lipinski definition) is 4. The molecule has 0 atom stereocenters. The number of esters is 1. The van der Waals surface area contributed by atoms with Crippen molar-refractivity contribution >= 4 is 27.6 Å². The van der Waals surface area contributed by atoms with Crippen molar-refractivity contribution in [3.63, 3.8) is 0 Å². The molecule has 0 amide bonds. The maximum absolute atomic E-state index is 13.4. The summed E-state index contributed by atoms with van der Waals surface area (Å²) in [5, 5.41) is 13.1. The maximum atomic E-state index is 13.4. The van der Waals surface area contributed by atoms with E-state index in [1.807, 2.05) is 72.8 Å². The topological polar surface area (TPSA) is 59.4 Å². The molecule has 0 bridgehead atoms. The number of benzene rings is 4. The summed E-state index contributed by atoms with van der Waals surface area (Å²) in [7, 11) is 0. The van der Waals surface area contributed by atoms with Crippen molar-refractivity contribution in [2.75, 3.05) is 0 Å². The largest absolute Gasteiger partial charge is 0.507 e. The van der Waals surface area contributed by atoms with E-state index in [2.05, 4.69) is 19.9 Å². The van der Waals surface area contributed by atoms with E-state index in [4.69, 9.17) is 9.72 Å². The van der Waals surface area contributed by atoms with Gasteiger partial charge in [-0.2, -0.15) is 0 Å². The first-order valence-corrected chi connectivity index (χ1v) is 11.4. The summed E-state index contributed by atoms with van der Waals surface area (Å²) in [6.07, 6.45) is 0. The number of aromatic nitrogens is 1. The molecule has 0 saturated carbocycles. The van der Waals surface area contributed by atoms with Gasteiger partial charge in [-0.25, -0.2) is 9.78 Å². The number of pyridine rings is 1. The SMILES string of the molecule is CC(C)c1cccc2nc(-c3cccc4cccc(O)c34)c(C(=O)OCc3ccccc3)cc12. The Morgan fingerprint density at radius 1 is 0.912 bits per heavy atom. The molecule has 0 aliphatic heterocycles. The molecule has 4 aromatic carbocycles. The molecular formula is C30H25NO3. The minimum absolute atomic E-state index is 0.148. The van der Waals surface area contributed by atoms with Crippen molar-refractivity contribution in [3.05, 3.63) is 108 Å². The molecule has 5 aromatic rings. The summed E-state index contributed by atoms with van der Waals surface area (Å²) < 4.78 is 5.73. The summed E-state index contributed by atoms with van der Waals surface area (Å²) >= 11 is 0. The summed E-state index contributed by atoms with van der Waals surface area (Å²) in [5.74, 6) is -0.0279. The lowest BCUT2D eigenvalue weighted by atomic mass is 9.93. The highest BCUT2D eigenvalue weighted by Gasteiger charge is 2.21. The predicted octanol–water partition coefficient (Wildman–Crippen LogP) is 7.24. The Kier molecular flexibility index (Phi) is 5.72. The fraction of sp³-hybridized carbons (Fsp3) is 0.133. The first kappa shape index (κ1) is 21.7. The van der Waals surface area contributed by atoms with E-state index < -0.39 is 5.97 Å². The second kappa shape index (κ2) is 8.99. The van der Waals surface area contributed by atoms with Crippen LogP contribution in [0.15, 0.2) is 91.0 Å². The lowest BCUT2D eigenvalue weighted by Gasteiger charge is -2.16. The monoisotopic (exact) mass is 447 g/mol. The molecule has 0 unspecified atom stereocenters. The van der Waals surface area contributed by atoms with Gasteiger partial charge in [-0.05, 0) is 40.6 Å². The van der Waals surface area contributed by atoms with Gasteiger partial charge in [0.05, 0.1) is 16.8 Å². The Hall–Kier alpha value is -4.18. The fourth-order valence-corrected chi connectivity index (χ4v) is 4.40. The van der Waals surface area contributed by atoms with Crippen LogP contribution in [0.2, 0.25) is 0 Å². The van der Waals surface area contributed by atoms with E-state index in [1.54, 1.807) is 12.1 Å². The molecule has 0 aliphatic rings. The highest BCUT2D eigenvalue weighted by molar-refractivity contribution is 6.07. The number of nitrogens with zero attached hydrogens (tertiary/aromatic N) is 1. The summed E-state index contributed by atoms with van der Waals surface area (Å²) in [5.41, 5.74) is 4.41. The van der Waals surface area contributed by atoms with Crippen LogP contribution in [0.25, 0.3) is 32.9 Å². The van der Waals surface area contributed by atoms with Gasteiger partial charge < -0.3 is 9.84 Å². The van der Waals surface area contributed by atoms with E-state index in [0.29, 0.717) is 22.2 Å². The van der Waals surface area contributed by atoms with Crippen molar-refractivity contribution in [2.45, 2.75) is 26.4 Å². The predicted molar refractivity (Wildman–Crippen MR) is 136 cm³/mol. The molecule has 1 aromatic heterocycles. The van der Waals surface area contributed by atoms with Gasteiger partial charge in [-0.15, -0.1) is 0 Å². The molecular weight excluding hydrogens is 422 g/mol. The number of fused-ring (bicyclic) bond motifs is 2. The zero-order chi connectivity index (χ0) is 23.7. The van der Waals surface area contributed by atoms with Gasteiger partial charge in [0.2, 0.25) is 0 Å². The number of rotatable bonds is 5. The van der Waals surface area contributed by atoms with Gasteiger partial charge in [0, 0.05) is 16.3 Å². The molecule has 0 aliphatic carbocycles. The molecule has 168 valence electrons. The van der Waals surface area contributed by atoms with Crippen molar-refractivity contribution in [1.82, 2.24) is 4.98 Å². The Balaban J connectivity index is 1.72. The third-order valence-corrected chi connectivity index (χ3v) is 6.09. The van der Waals surface area contributed by atoms with E-state index in [-0.39, 0.29) is 18.3 Å². The molecule has 1 N–H and O–H groups in total. The maximum Gasteiger partial charge on any atom is 0.340 e. The second-order valence-electron chi connectivity index (χ2n) is 8.70. The average Bonchev–Trinajstić information content (AvgIpc) is 2.86. The molecule has 1 heterocycles. The van der Waals surface area contributed by atoms with Crippen LogP contribution in [0.5, 0.6) is 5.75 Å². The number of phenols is 1. The number of hydrogen-bond donors (Lipinski definition) is 1. The van der Waals surface area contributed by atoms with Crippen LogP contribution in [0, 0.1) is 0 Å². The van der Waals surface area contributed by atoms with Crippen LogP contribution in [0.1, 0.15) is 41.3 Å². The molecule has 4 heteroatoms. The second-order valence-corrected chi connectivity index (χ2v) is 8.70. The van der Waals surface area contributed by atoms with Gasteiger partial charge in [0.15, 0.2) is 0 Å². The Labute approximate surface area is 198 Å². The standard InChI is InChI=1S/C30H25NO3/c1-19(2)22-13-8-15-26-24(22)17-25(30(33)34-18-20-9-4-3-5-10-20)29(31-26)23-14-6-11-21-12-7-16-27(32)28(21)23/h3-17,19,32H,18H2,1-2H3. The van der Waals surface area contributed by atoms with E-state index >= 15 is 0 Å². The molecule has 34 heavy (non-hydrogen) atoms. The number of phenolic OH excluding ortho intramolecular Hbond substituents is 1. The Morgan fingerprint density at radius 3 is 2.41 bits per heavy atom. The van der Waals surface area contributed by atoms with Crippen molar-refractivity contribution in [2.24, 2.45) is 0 Å².